The first-order valence-corrected chi connectivity index (χ1v) is 6.23. The van der Waals surface area contributed by atoms with Crippen molar-refractivity contribution in [1.82, 2.24) is 19.9 Å². The van der Waals surface area contributed by atoms with Gasteiger partial charge in [-0.2, -0.15) is 4.98 Å². The Morgan fingerprint density at radius 2 is 2.25 bits per heavy atom. The number of rotatable bonds is 3. The van der Waals surface area contributed by atoms with E-state index in [2.05, 4.69) is 19.9 Å². The molecule has 9 nitrogen and oxygen atoms in total. The molecule has 1 aliphatic rings. The van der Waals surface area contributed by atoms with Crippen LogP contribution in [0, 0.1) is 4.64 Å². The van der Waals surface area contributed by atoms with Crippen LogP contribution in [0.2, 0.25) is 0 Å². The van der Waals surface area contributed by atoms with E-state index >= 15 is 0 Å². The first-order chi connectivity index (χ1) is 9.60. The molecule has 0 saturated carbocycles. The molecular weight excluding hydrogens is 288 g/mol. The summed E-state index contributed by atoms with van der Waals surface area (Å²) in [7, 11) is 0. The van der Waals surface area contributed by atoms with Crippen LogP contribution in [0.1, 0.15) is 0 Å². The van der Waals surface area contributed by atoms with Gasteiger partial charge in [0, 0.05) is 0 Å². The molecule has 0 amide bonds. The van der Waals surface area contributed by atoms with Crippen LogP contribution >= 0.6 is 12.2 Å². The summed E-state index contributed by atoms with van der Waals surface area (Å²) in [4.78, 5) is 13.6. The quantitative estimate of drug-likeness (QED) is 0.447. The van der Waals surface area contributed by atoms with Gasteiger partial charge in [0.1, 0.15) is 17.7 Å². The van der Waals surface area contributed by atoms with Gasteiger partial charge in [-0.1, -0.05) is 12.2 Å². The summed E-state index contributed by atoms with van der Waals surface area (Å²) in [5.74, 6) is 0. The number of ether oxygens (including phenoxy) is 2. The van der Waals surface area contributed by atoms with Crippen LogP contribution < -0.4 is 4.74 Å². The Kier molecular flexibility index (Phi) is 3.40. The molecule has 1 saturated heterocycles. The Labute approximate surface area is 117 Å². The molecule has 1 aliphatic heterocycles. The number of fused-ring (bicyclic) bond motifs is 1. The molecule has 2 aromatic heterocycles. The zero-order chi connectivity index (χ0) is 14.3. The van der Waals surface area contributed by atoms with Gasteiger partial charge in [-0.05, 0) is 0 Å². The molecule has 1 fully saturated rings. The standard InChI is InChI=1S/C10H12N4O5S/c15-1-3-6(5(16)9(17)18-3)19-10-13-7-4(8(20)14-10)11-2-12-7/h2-3,5-6,9,15-17H,1H2,(H2,11,12,13,14,20)/t3-,5-,6-,9-/m1/s1. The maximum atomic E-state index is 9.76. The second kappa shape index (κ2) is 5.07. The van der Waals surface area contributed by atoms with Gasteiger partial charge < -0.3 is 29.8 Å². The van der Waals surface area contributed by atoms with Crippen LogP contribution in [-0.4, -0.2) is 66.5 Å². The third kappa shape index (κ3) is 2.17. The van der Waals surface area contributed by atoms with Gasteiger partial charge >= 0.3 is 0 Å². The summed E-state index contributed by atoms with van der Waals surface area (Å²) < 4.78 is 10.6. The van der Waals surface area contributed by atoms with E-state index in [1.54, 1.807) is 0 Å². The van der Waals surface area contributed by atoms with Crippen LogP contribution in [0.5, 0.6) is 6.01 Å². The Bertz CT molecular complexity index is 673. The number of hydrogen-bond donors (Lipinski definition) is 5. The van der Waals surface area contributed by atoms with Crippen molar-refractivity contribution < 1.29 is 24.8 Å². The van der Waals surface area contributed by atoms with Gasteiger partial charge in [0.15, 0.2) is 22.7 Å². The number of H-pyrrole nitrogens is 2. The van der Waals surface area contributed by atoms with E-state index in [4.69, 9.17) is 26.8 Å². The highest BCUT2D eigenvalue weighted by Crippen LogP contribution is 2.24. The maximum absolute atomic E-state index is 9.76. The first kappa shape index (κ1) is 13.4. The van der Waals surface area contributed by atoms with Crippen molar-refractivity contribution in [3.63, 3.8) is 0 Å². The fourth-order valence-corrected chi connectivity index (χ4v) is 2.26. The minimum Gasteiger partial charge on any atom is -0.456 e. The second-order valence-electron chi connectivity index (χ2n) is 4.29. The van der Waals surface area contributed by atoms with Crippen LogP contribution in [-0.2, 0) is 4.74 Å². The third-order valence-electron chi connectivity index (χ3n) is 3.02. The first-order valence-electron chi connectivity index (χ1n) is 5.82. The molecule has 0 spiro atoms. The lowest BCUT2D eigenvalue weighted by atomic mass is 10.1. The van der Waals surface area contributed by atoms with Gasteiger partial charge in [-0.15, -0.1) is 0 Å². The van der Waals surface area contributed by atoms with Gasteiger partial charge in [-0.25, -0.2) is 4.98 Å². The van der Waals surface area contributed by atoms with Crippen molar-refractivity contribution in [2.24, 2.45) is 0 Å². The molecule has 3 heterocycles. The number of nitrogens with zero attached hydrogens (tertiary/aromatic N) is 2. The van der Waals surface area contributed by atoms with Gasteiger partial charge in [0.2, 0.25) is 0 Å². The molecule has 2 aromatic rings. The van der Waals surface area contributed by atoms with Crippen LogP contribution in [0.15, 0.2) is 6.33 Å². The highest BCUT2D eigenvalue weighted by atomic mass is 32.1. The average Bonchev–Trinajstić information content (AvgIpc) is 2.99. The number of aliphatic hydroxyl groups excluding tert-OH is 3. The van der Waals surface area contributed by atoms with Crippen LogP contribution in [0.3, 0.4) is 0 Å². The lowest BCUT2D eigenvalue weighted by Gasteiger charge is -2.19. The SMILES string of the molecule is OC[C@H]1O[C@@H](O)[C@H](O)[C@@H]1Oc1nc(=S)c2[nH]cnc2[nH]1. The van der Waals surface area contributed by atoms with E-state index in [1.807, 2.05) is 0 Å². The Morgan fingerprint density at radius 3 is 3.00 bits per heavy atom. The smallest absolute Gasteiger partial charge is 0.297 e. The fourth-order valence-electron chi connectivity index (χ4n) is 2.03. The number of aromatic nitrogens is 4. The predicted molar refractivity (Wildman–Crippen MR) is 67.5 cm³/mol. The lowest BCUT2D eigenvalue weighted by molar-refractivity contribution is -0.132. The molecule has 0 bridgehead atoms. The minimum atomic E-state index is -1.42. The summed E-state index contributed by atoms with van der Waals surface area (Å²) in [5, 5.41) is 28.3. The summed E-state index contributed by atoms with van der Waals surface area (Å²) in [5.41, 5.74) is 1.02. The van der Waals surface area contributed by atoms with Crippen molar-refractivity contribution in [3.05, 3.63) is 11.0 Å². The molecule has 0 aliphatic carbocycles. The van der Waals surface area contributed by atoms with Crippen molar-refractivity contribution in [3.8, 4) is 6.01 Å². The van der Waals surface area contributed by atoms with E-state index in [0.717, 1.165) is 0 Å². The van der Waals surface area contributed by atoms with E-state index in [-0.39, 0.29) is 10.7 Å². The zero-order valence-electron chi connectivity index (χ0n) is 10.1. The number of aliphatic hydroxyl groups is 3. The van der Waals surface area contributed by atoms with Crippen LogP contribution in [0.25, 0.3) is 11.2 Å². The lowest BCUT2D eigenvalue weighted by Crippen LogP contribution is -2.39. The number of aromatic amines is 2. The molecule has 4 atom stereocenters. The second-order valence-corrected chi connectivity index (χ2v) is 4.68. The Hall–Kier alpha value is -1.59. The number of imidazole rings is 1. The van der Waals surface area contributed by atoms with Gasteiger partial charge in [-0.3, -0.25) is 4.98 Å². The maximum Gasteiger partial charge on any atom is 0.297 e. The van der Waals surface area contributed by atoms with E-state index < -0.39 is 31.2 Å². The highest BCUT2D eigenvalue weighted by molar-refractivity contribution is 7.71. The largest absolute Gasteiger partial charge is 0.456 e. The topological polar surface area (TPSA) is 137 Å². The highest BCUT2D eigenvalue weighted by Gasteiger charge is 2.44. The average molecular weight is 300 g/mol. The Balaban J connectivity index is 1.90. The van der Waals surface area contributed by atoms with Gasteiger partial charge in [0.25, 0.3) is 6.01 Å². The summed E-state index contributed by atoms with van der Waals surface area (Å²) in [6.45, 7) is -0.413. The van der Waals surface area contributed by atoms with E-state index in [0.29, 0.717) is 11.2 Å². The molecule has 108 valence electrons. The molecule has 3 rings (SSSR count). The van der Waals surface area contributed by atoms with E-state index in [1.165, 1.54) is 6.33 Å². The van der Waals surface area contributed by atoms with Crippen molar-refractivity contribution >= 4 is 23.4 Å². The molecule has 20 heavy (non-hydrogen) atoms. The minimum absolute atomic E-state index is 0.0230. The zero-order valence-corrected chi connectivity index (χ0v) is 10.9. The molecular formula is C10H12N4O5S. The summed E-state index contributed by atoms with van der Waals surface area (Å²) in [6, 6.07) is 0.0230. The number of hydrogen-bond acceptors (Lipinski definition) is 8. The van der Waals surface area contributed by atoms with Crippen molar-refractivity contribution in [2.75, 3.05) is 6.61 Å². The van der Waals surface area contributed by atoms with Crippen molar-refractivity contribution in [2.45, 2.75) is 24.6 Å². The molecule has 0 unspecified atom stereocenters. The van der Waals surface area contributed by atoms with E-state index in [9.17, 15) is 10.2 Å². The third-order valence-corrected chi connectivity index (χ3v) is 3.31. The Morgan fingerprint density at radius 1 is 1.45 bits per heavy atom. The van der Waals surface area contributed by atoms with Crippen molar-refractivity contribution in [1.29, 1.82) is 0 Å². The van der Waals surface area contributed by atoms with Gasteiger partial charge in [0.05, 0.1) is 12.9 Å². The monoisotopic (exact) mass is 300 g/mol. The molecule has 0 radical (unpaired) electrons. The molecule has 5 N–H and O–H groups in total. The van der Waals surface area contributed by atoms with Crippen LogP contribution in [0.4, 0.5) is 0 Å². The fraction of sp³-hybridized carbons (Fsp3) is 0.500. The molecule has 0 aromatic carbocycles. The summed E-state index contributed by atoms with van der Waals surface area (Å²) >= 11 is 5.07. The summed E-state index contributed by atoms with van der Waals surface area (Å²) in [6.07, 6.45) is -3.10. The predicted octanol–water partition coefficient (Wildman–Crippen LogP) is -1.17. The normalized spacial score (nSPS) is 29.9. The molecule has 10 heteroatoms. The number of nitrogens with one attached hydrogen (secondary N) is 2.